The number of carbonyl (C=O) groups is 1. The van der Waals surface area contributed by atoms with Crippen molar-refractivity contribution in [1.29, 1.82) is 0 Å². The molecule has 4 nitrogen and oxygen atoms in total. The van der Waals surface area contributed by atoms with E-state index in [0.717, 1.165) is 15.7 Å². The minimum atomic E-state index is -1.43. The number of carbonyl (C=O) groups excluding carboxylic acids is 1. The molecule has 2 N–H and O–H groups in total. The molecule has 1 aromatic carbocycles. The molecule has 0 heterocycles. The van der Waals surface area contributed by atoms with Crippen molar-refractivity contribution in [2.75, 3.05) is 0 Å². The van der Waals surface area contributed by atoms with Crippen molar-refractivity contribution in [3.8, 4) is 0 Å². The molecule has 1 rings (SSSR count). The summed E-state index contributed by atoms with van der Waals surface area (Å²) < 4.78 is 0.954. The summed E-state index contributed by atoms with van der Waals surface area (Å²) in [5.41, 5.74) is 2.64. The normalized spacial score (nSPS) is 12.4. The lowest BCUT2D eigenvalue weighted by atomic mass is 10.1. The Hall–Kier alpha value is -1.20. The second-order valence-corrected chi connectivity index (χ2v) is 5.34. The van der Waals surface area contributed by atoms with Crippen LogP contribution in [0.5, 0.6) is 0 Å². The highest BCUT2D eigenvalue weighted by atomic mass is 79.9. The molecule has 1 amide bonds. The van der Waals surface area contributed by atoms with E-state index in [-0.39, 0.29) is 0 Å². The van der Waals surface area contributed by atoms with Crippen LogP contribution in [0.15, 0.2) is 33.8 Å². The third kappa shape index (κ3) is 4.23. The molecular weight excluding hydrogens is 296 g/mol. The number of hydrazone groups is 1. The molecule has 0 saturated heterocycles. The molecule has 0 aliphatic rings. The number of halogens is 1. The van der Waals surface area contributed by atoms with Crippen molar-refractivity contribution in [3.63, 3.8) is 0 Å². The molecule has 0 aliphatic heterocycles. The van der Waals surface area contributed by atoms with Crippen molar-refractivity contribution in [1.82, 2.24) is 5.43 Å². The second kappa shape index (κ2) is 6.11. The molecule has 0 radical (unpaired) electrons. The number of rotatable bonds is 4. The molecule has 0 spiro atoms. The monoisotopic (exact) mass is 312 g/mol. The van der Waals surface area contributed by atoms with E-state index < -0.39 is 11.5 Å². The Bertz CT molecular complexity index is 464. The van der Waals surface area contributed by atoms with Crippen LogP contribution in [0, 0.1) is 0 Å². The highest BCUT2D eigenvalue weighted by Crippen LogP contribution is 2.13. The fourth-order valence-electron chi connectivity index (χ4n) is 1.27. The molecule has 0 bridgehead atoms. The Balaban J connectivity index is 2.88. The minimum absolute atomic E-state index is 0.525. The van der Waals surface area contributed by atoms with E-state index in [2.05, 4.69) is 26.5 Å². The van der Waals surface area contributed by atoms with Gasteiger partial charge in [0.2, 0.25) is 0 Å². The number of nitrogens with zero attached hydrogens (tertiary/aromatic N) is 1. The van der Waals surface area contributed by atoms with Gasteiger partial charge in [0, 0.05) is 4.47 Å². The van der Waals surface area contributed by atoms with Crippen LogP contribution in [0.4, 0.5) is 0 Å². The van der Waals surface area contributed by atoms with Gasteiger partial charge in [0.05, 0.1) is 5.71 Å². The first-order valence-corrected chi connectivity index (χ1v) is 6.49. The van der Waals surface area contributed by atoms with Gasteiger partial charge in [-0.25, -0.2) is 5.43 Å². The number of benzene rings is 1. The summed E-state index contributed by atoms with van der Waals surface area (Å²) >= 11 is 3.39. The summed E-state index contributed by atoms with van der Waals surface area (Å²) in [6.07, 6.45) is 0.683. The van der Waals surface area contributed by atoms with E-state index in [4.69, 9.17) is 0 Å². The van der Waals surface area contributed by atoms with Crippen LogP contribution in [0.1, 0.15) is 32.8 Å². The first kappa shape index (κ1) is 14.9. The summed E-state index contributed by atoms with van der Waals surface area (Å²) in [5.74, 6) is -0.525. The smallest absolute Gasteiger partial charge is 0.271 e. The van der Waals surface area contributed by atoms with E-state index in [1.807, 2.05) is 31.2 Å². The van der Waals surface area contributed by atoms with Crippen molar-refractivity contribution in [2.24, 2.45) is 5.10 Å². The third-order valence-corrected chi connectivity index (χ3v) is 2.83. The van der Waals surface area contributed by atoms with Crippen LogP contribution in [-0.4, -0.2) is 22.3 Å². The van der Waals surface area contributed by atoms with Gasteiger partial charge in [-0.05, 0) is 38.0 Å². The van der Waals surface area contributed by atoms with Crippen LogP contribution in [0.3, 0.4) is 0 Å². The molecule has 1 aromatic rings. The van der Waals surface area contributed by atoms with E-state index in [1.165, 1.54) is 13.8 Å². The minimum Gasteiger partial charge on any atom is -0.381 e. The second-order valence-electron chi connectivity index (χ2n) is 4.42. The van der Waals surface area contributed by atoms with Crippen molar-refractivity contribution in [3.05, 3.63) is 34.3 Å². The lowest BCUT2D eigenvalue weighted by Crippen LogP contribution is -2.40. The first-order valence-electron chi connectivity index (χ1n) is 5.70. The van der Waals surface area contributed by atoms with Gasteiger partial charge in [-0.3, -0.25) is 4.79 Å². The zero-order valence-electron chi connectivity index (χ0n) is 10.7. The average Bonchev–Trinajstić information content (AvgIpc) is 2.28. The quantitative estimate of drug-likeness (QED) is 0.662. The fraction of sp³-hybridized carbons (Fsp3) is 0.385. The van der Waals surface area contributed by atoms with Gasteiger partial charge in [-0.2, -0.15) is 5.10 Å². The molecule has 5 heteroatoms. The van der Waals surface area contributed by atoms with Gasteiger partial charge in [0.15, 0.2) is 0 Å². The summed E-state index contributed by atoms with van der Waals surface area (Å²) in [6.45, 7) is 4.79. The Morgan fingerprint density at radius 2 is 2.17 bits per heavy atom. The van der Waals surface area contributed by atoms with Gasteiger partial charge in [-0.15, -0.1) is 0 Å². The highest BCUT2D eigenvalue weighted by molar-refractivity contribution is 9.10. The third-order valence-electron chi connectivity index (χ3n) is 2.34. The highest BCUT2D eigenvalue weighted by Gasteiger charge is 2.23. The molecule has 0 aromatic heterocycles. The molecule has 0 unspecified atom stereocenters. The SMILES string of the molecule is CCC(=NNC(=O)C(C)(C)O)c1cccc(Br)c1. The molecule has 0 atom stereocenters. The van der Waals surface area contributed by atoms with Gasteiger partial charge in [0.1, 0.15) is 5.60 Å². The number of amides is 1. The Morgan fingerprint density at radius 1 is 1.50 bits per heavy atom. The lowest BCUT2D eigenvalue weighted by Gasteiger charge is -2.14. The number of nitrogens with one attached hydrogen (secondary N) is 1. The molecular formula is C13H17BrN2O2. The van der Waals surface area contributed by atoms with Crippen LogP contribution in [0.2, 0.25) is 0 Å². The first-order chi connectivity index (χ1) is 8.34. The maximum absolute atomic E-state index is 11.5. The van der Waals surface area contributed by atoms with Crippen LogP contribution >= 0.6 is 15.9 Å². The summed E-state index contributed by atoms with van der Waals surface area (Å²) in [7, 11) is 0. The standard InChI is InChI=1S/C13H17BrN2O2/c1-4-11(9-6-5-7-10(14)8-9)15-16-12(17)13(2,3)18/h5-8,18H,4H2,1-3H3,(H,16,17). The Labute approximate surface area is 115 Å². The fourth-order valence-corrected chi connectivity index (χ4v) is 1.67. The number of hydrogen-bond donors (Lipinski definition) is 2. The van der Waals surface area contributed by atoms with Gasteiger partial charge in [0.25, 0.3) is 5.91 Å². The average molecular weight is 313 g/mol. The molecule has 0 saturated carbocycles. The topological polar surface area (TPSA) is 61.7 Å². The largest absolute Gasteiger partial charge is 0.381 e. The number of aliphatic hydroxyl groups is 1. The molecule has 0 fully saturated rings. The molecule has 0 aliphatic carbocycles. The van der Waals surface area contributed by atoms with Crippen LogP contribution in [0.25, 0.3) is 0 Å². The predicted octanol–water partition coefficient (Wildman–Crippen LogP) is 2.45. The zero-order chi connectivity index (χ0) is 13.8. The summed E-state index contributed by atoms with van der Waals surface area (Å²) in [6, 6.07) is 7.68. The Morgan fingerprint density at radius 3 is 2.67 bits per heavy atom. The van der Waals surface area contributed by atoms with Crippen LogP contribution in [-0.2, 0) is 4.79 Å². The zero-order valence-corrected chi connectivity index (χ0v) is 12.3. The molecule has 98 valence electrons. The Kier molecular flexibility index (Phi) is 5.04. The molecule has 18 heavy (non-hydrogen) atoms. The van der Waals surface area contributed by atoms with Crippen molar-refractivity contribution >= 4 is 27.5 Å². The van der Waals surface area contributed by atoms with E-state index in [0.29, 0.717) is 6.42 Å². The van der Waals surface area contributed by atoms with Crippen molar-refractivity contribution < 1.29 is 9.90 Å². The number of hydrogen-bond acceptors (Lipinski definition) is 3. The lowest BCUT2D eigenvalue weighted by molar-refractivity contribution is -0.136. The van der Waals surface area contributed by atoms with Gasteiger partial charge < -0.3 is 5.11 Å². The van der Waals surface area contributed by atoms with E-state index in [1.54, 1.807) is 0 Å². The van der Waals surface area contributed by atoms with E-state index in [9.17, 15) is 9.90 Å². The summed E-state index contributed by atoms with van der Waals surface area (Å²) in [4.78, 5) is 11.5. The predicted molar refractivity (Wildman–Crippen MR) is 75.4 cm³/mol. The van der Waals surface area contributed by atoms with Gasteiger partial charge in [-0.1, -0.05) is 35.0 Å². The maximum Gasteiger partial charge on any atom is 0.271 e. The van der Waals surface area contributed by atoms with Crippen LogP contribution < -0.4 is 5.43 Å². The maximum atomic E-state index is 11.5. The van der Waals surface area contributed by atoms with Gasteiger partial charge >= 0.3 is 0 Å². The van der Waals surface area contributed by atoms with Crippen molar-refractivity contribution in [2.45, 2.75) is 32.8 Å². The van der Waals surface area contributed by atoms with E-state index >= 15 is 0 Å². The summed E-state index contributed by atoms with van der Waals surface area (Å²) in [5, 5.41) is 13.6.